The predicted molar refractivity (Wildman–Crippen MR) is 52.9 cm³/mol. The standard InChI is InChI=1S/C9H9ClN2O/c10-6-1-2-7-8(12-13)3-4-11-9(7)5-6/h1-2,5,11,13H,3-4H2/b12-8+. The van der Waals surface area contributed by atoms with Crippen LogP contribution in [0, 0.1) is 0 Å². The lowest BCUT2D eigenvalue weighted by atomic mass is 10.0. The molecule has 13 heavy (non-hydrogen) atoms. The van der Waals surface area contributed by atoms with E-state index in [4.69, 9.17) is 16.8 Å². The van der Waals surface area contributed by atoms with Gasteiger partial charge in [0.2, 0.25) is 0 Å². The highest BCUT2D eigenvalue weighted by molar-refractivity contribution is 6.31. The summed E-state index contributed by atoms with van der Waals surface area (Å²) in [6.07, 6.45) is 0.741. The van der Waals surface area contributed by atoms with E-state index in [1.54, 1.807) is 6.07 Å². The Labute approximate surface area is 81.0 Å². The van der Waals surface area contributed by atoms with Crippen molar-refractivity contribution in [1.82, 2.24) is 0 Å². The van der Waals surface area contributed by atoms with Gasteiger partial charge in [0, 0.05) is 29.2 Å². The number of hydrogen-bond donors (Lipinski definition) is 2. The van der Waals surface area contributed by atoms with Crippen LogP contribution >= 0.6 is 11.6 Å². The fourth-order valence-electron chi connectivity index (χ4n) is 1.47. The second-order valence-corrected chi connectivity index (χ2v) is 3.35. The molecule has 0 radical (unpaired) electrons. The summed E-state index contributed by atoms with van der Waals surface area (Å²) in [5.74, 6) is 0. The summed E-state index contributed by atoms with van der Waals surface area (Å²) >= 11 is 5.83. The molecule has 0 aliphatic carbocycles. The van der Waals surface area contributed by atoms with Gasteiger partial charge in [-0.3, -0.25) is 0 Å². The summed E-state index contributed by atoms with van der Waals surface area (Å²) in [6, 6.07) is 5.48. The maximum Gasteiger partial charge on any atom is 0.0906 e. The van der Waals surface area contributed by atoms with Gasteiger partial charge >= 0.3 is 0 Å². The molecule has 1 aliphatic rings. The Morgan fingerprint density at radius 2 is 2.31 bits per heavy atom. The number of oxime groups is 1. The van der Waals surface area contributed by atoms with E-state index in [1.165, 1.54) is 0 Å². The minimum Gasteiger partial charge on any atom is -0.411 e. The van der Waals surface area contributed by atoms with E-state index in [2.05, 4.69) is 10.5 Å². The van der Waals surface area contributed by atoms with Gasteiger partial charge in [-0.25, -0.2) is 0 Å². The van der Waals surface area contributed by atoms with Crippen molar-refractivity contribution in [1.29, 1.82) is 0 Å². The van der Waals surface area contributed by atoms with Crippen molar-refractivity contribution >= 4 is 23.0 Å². The average molecular weight is 197 g/mol. The molecular formula is C9H9ClN2O. The molecule has 0 aromatic heterocycles. The second-order valence-electron chi connectivity index (χ2n) is 2.91. The molecule has 0 saturated heterocycles. The fourth-order valence-corrected chi connectivity index (χ4v) is 1.64. The molecule has 0 saturated carbocycles. The molecule has 0 unspecified atom stereocenters. The molecule has 1 aromatic rings. The van der Waals surface area contributed by atoms with Crippen LogP contribution in [0.25, 0.3) is 0 Å². The zero-order valence-corrected chi connectivity index (χ0v) is 7.67. The van der Waals surface area contributed by atoms with Gasteiger partial charge in [0.05, 0.1) is 5.71 Å². The summed E-state index contributed by atoms with van der Waals surface area (Å²) in [5.41, 5.74) is 2.58. The van der Waals surface area contributed by atoms with Gasteiger partial charge in [0.1, 0.15) is 0 Å². The van der Waals surface area contributed by atoms with E-state index in [-0.39, 0.29) is 0 Å². The summed E-state index contributed by atoms with van der Waals surface area (Å²) < 4.78 is 0. The number of fused-ring (bicyclic) bond motifs is 1. The van der Waals surface area contributed by atoms with Crippen LogP contribution in [0.15, 0.2) is 23.4 Å². The average Bonchev–Trinajstić information content (AvgIpc) is 2.16. The van der Waals surface area contributed by atoms with Crippen LogP contribution in [0.1, 0.15) is 12.0 Å². The van der Waals surface area contributed by atoms with Gasteiger partial charge in [0.15, 0.2) is 0 Å². The number of anilines is 1. The highest BCUT2D eigenvalue weighted by atomic mass is 35.5. The Balaban J connectivity index is 2.52. The van der Waals surface area contributed by atoms with Crippen molar-refractivity contribution < 1.29 is 5.21 Å². The van der Waals surface area contributed by atoms with E-state index in [9.17, 15) is 0 Å². The van der Waals surface area contributed by atoms with Crippen molar-refractivity contribution in [3.8, 4) is 0 Å². The third-order valence-corrected chi connectivity index (χ3v) is 2.33. The van der Waals surface area contributed by atoms with Gasteiger partial charge in [-0.15, -0.1) is 0 Å². The molecular weight excluding hydrogens is 188 g/mol. The van der Waals surface area contributed by atoms with Gasteiger partial charge in [0.25, 0.3) is 0 Å². The molecule has 2 N–H and O–H groups in total. The number of nitrogens with one attached hydrogen (secondary N) is 1. The third kappa shape index (κ3) is 1.47. The number of rotatable bonds is 0. The summed E-state index contributed by atoms with van der Waals surface area (Å²) in [6.45, 7) is 0.784. The fraction of sp³-hybridized carbons (Fsp3) is 0.222. The Kier molecular flexibility index (Phi) is 2.10. The van der Waals surface area contributed by atoms with Crippen LogP contribution in [0.3, 0.4) is 0 Å². The van der Waals surface area contributed by atoms with Crippen LogP contribution < -0.4 is 5.32 Å². The van der Waals surface area contributed by atoms with Crippen molar-refractivity contribution in [3.05, 3.63) is 28.8 Å². The van der Waals surface area contributed by atoms with Crippen LogP contribution in [0.2, 0.25) is 5.02 Å². The molecule has 1 aliphatic heterocycles. The maximum atomic E-state index is 8.73. The Hall–Kier alpha value is -1.22. The maximum absolute atomic E-state index is 8.73. The molecule has 0 amide bonds. The Bertz CT molecular complexity index is 363. The first-order chi connectivity index (χ1) is 6.31. The first-order valence-electron chi connectivity index (χ1n) is 4.06. The molecule has 0 atom stereocenters. The SMILES string of the molecule is O/N=C1\CCNc2cc(Cl)ccc21. The van der Waals surface area contributed by atoms with Crippen molar-refractivity contribution in [2.24, 2.45) is 5.16 Å². The first-order valence-corrected chi connectivity index (χ1v) is 4.44. The van der Waals surface area contributed by atoms with E-state index >= 15 is 0 Å². The van der Waals surface area contributed by atoms with E-state index < -0.39 is 0 Å². The topological polar surface area (TPSA) is 44.6 Å². The third-order valence-electron chi connectivity index (χ3n) is 2.09. The zero-order valence-electron chi connectivity index (χ0n) is 6.92. The molecule has 0 bridgehead atoms. The smallest absolute Gasteiger partial charge is 0.0906 e. The van der Waals surface area contributed by atoms with Crippen molar-refractivity contribution in [2.45, 2.75) is 6.42 Å². The molecule has 2 rings (SSSR count). The molecule has 0 fully saturated rings. The summed E-state index contributed by atoms with van der Waals surface area (Å²) in [7, 11) is 0. The minimum absolute atomic E-state index is 0.686. The molecule has 4 heteroatoms. The van der Waals surface area contributed by atoms with Gasteiger partial charge < -0.3 is 10.5 Å². The first kappa shape index (κ1) is 8.38. The van der Waals surface area contributed by atoms with Crippen molar-refractivity contribution in [3.63, 3.8) is 0 Å². The molecule has 1 heterocycles. The van der Waals surface area contributed by atoms with Crippen LogP contribution in [0.5, 0.6) is 0 Å². The highest BCUT2D eigenvalue weighted by Crippen LogP contribution is 2.25. The largest absolute Gasteiger partial charge is 0.411 e. The molecule has 3 nitrogen and oxygen atoms in total. The number of halogens is 1. The van der Waals surface area contributed by atoms with Gasteiger partial charge in [-0.2, -0.15) is 0 Å². The summed E-state index contributed by atoms with van der Waals surface area (Å²) in [5, 5.41) is 15.9. The predicted octanol–water partition coefficient (Wildman–Crippen LogP) is 2.33. The number of nitrogens with zero attached hydrogens (tertiary/aromatic N) is 1. The van der Waals surface area contributed by atoms with Gasteiger partial charge in [-0.1, -0.05) is 16.8 Å². The van der Waals surface area contributed by atoms with Crippen LogP contribution in [-0.4, -0.2) is 17.5 Å². The lowest BCUT2D eigenvalue weighted by Crippen LogP contribution is -2.18. The lowest BCUT2D eigenvalue weighted by molar-refractivity contribution is 0.318. The quantitative estimate of drug-likeness (QED) is 0.494. The second kappa shape index (κ2) is 3.26. The number of hydrogen-bond acceptors (Lipinski definition) is 3. The Morgan fingerprint density at radius 3 is 3.08 bits per heavy atom. The molecule has 68 valence electrons. The summed E-state index contributed by atoms with van der Waals surface area (Å²) in [4.78, 5) is 0. The highest BCUT2D eigenvalue weighted by Gasteiger charge is 2.15. The Morgan fingerprint density at radius 1 is 1.46 bits per heavy atom. The van der Waals surface area contributed by atoms with E-state index in [0.29, 0.717) is 10.7 Å². The van der Waals surface area contributed by atoms with E-state index in [0.717, 1.165) is 24.2 Å². The monoisotopic (exact) mass is 196 g/mol. The number of benzene rings is 1. The van der Waals surface area contributed by atoms with E-state index in [1.807, 2.05) is 12.1 Å². The lowest BCUT2D eigenvalue weighted by Gasteiger charge is -2.18. The van der Waals surface area contributed by atoms with Gasteiger partial charge in [-0.05, 0) is 18.2 Å². The van der Waals surface area contributed by atoms with Crippen LogP contribution in [-0.2, 0) is 0 Å². The normalized spacial score (nSPS) is 18.1. The molecule has 0 spiro atoms. The zero-order chi connectivity index (χ0) is 9.26. The minimum atomic E-state index is 0.686. The van der Waals surface area contributed by atoms with Crippen molar-refractivity contribution in [2.75, 3.05) is 11.9 Å². The molecule has 1 aromatic carbocycles. The van der Waals surface area contributed by atoms with Crippen LogP contribution in [0.4, 0.5) is 5.69 Å².